The van der Waals surface area contributed by atoms with E-state index in [0.717, 1.165) is 64.9 Å². The molecule has 3 N–H and O–H groups in total. The Morgan fingerprint density at radius 2 is 1.82 bits per heavy atom. The maximum Gasteiger partial charge on any atom is 0.154 e. The maximum atomic E-state index is 4.86. The van der Waals surface area contributed by atoms with E-state index in [-0.39, 0.29) is 5.41 Å². The molecule has 0 radical (unpaired) electrons. The predicted molar refractivity (Wildman–Crippen MR) is 143 cm³/mol. The van der Waals surface area contributed by atoms with E-state index in [0.29, 0.717) is 13.1 Å². The van der Waals surface area contributed by atoms with Crippen LogP contribution in [0.3, 0.4) is 0 Å². The molecule has 0 aliphatic carbocycles. The number of benzene rings is 2. The molecule has 0 saturated carbocycles. The highest BCUT2D eigenvalue weighted by Crippen LogP contribution is 2.21. The van der Waals surface area contributed by atoms with Crippen molar-refractivity contribution in [3.05, 3.63) is 89.6 Å². The zero-order valence-corrected chi connectivity index (χ0v) is 20.4. The van der Waals surface area contributed by atoms with Crippen LogP contribution >= 0.6 is 0 Å². The number of rotatable bonds is 9. The monoisotopic (exact) mass is 454 g/mol. The van der Waals surface area contributed by atoms with Crippen LogP contribution in [0.4, 0.5) is 0 Å². The minimum atomic E-state index is -0.0341. The van der Waals surface area contributed by atoms with Crippen LogP contribution in [0.1, 0.15) is 48.9 Å². The number of hydrogen-bond acceptors (Lipinski definition) is 5. The van der Waals surface area contributed by atoms with Crippen molar-refractivity contribution >= 4 is 23.1 Å². The second kappa shape index (κ2) is 10.1. The third kappa shape index (κ3) is 5.81. The van der Waals surface area contributed by atoms with Gasteiger partial charge < -0.3 is 5.32 Å². The normalized spacial score (nSPS) is 16.3. The SMILES string of the molecule is C=C(CCC1=NC(c2ccc(C)cc2)=NC1)NCC(C)(C)CN=C1NNC(=C)c2ccccc21. The van der Waals surface area contributed by atoms with Gasteiger partial charge in [0.2, 0.25) is 0 Å². The number of fused-ring (bicyclic) bond motifs is 1. The number of amidine groups is 2. The molecule has 0 bridgehead atoms. The predicted octanol–water partition coefficient (Wildman–Crippen LogP) is 4.63. The number of nitrogens with one attached hydrogen (secondary N) is 3. The lowest BCUT2D eigenvalue weighted by Crippen LogP contribution is -2.42. The number of aliphatic imine (C=N–C) groups is 3. The minimum Gasteiger partial charge on any atom is -0.388 e. The Hall–Kier alpha value is -3.67. The quantitative estimate of drug-likeness (QED) is 0.517. The first kappa shape index (κ1) is 23.5. The molecule has 176 valence electrons. The van der Waals surface area contributed by atoms with Crippen LogP contribution in [0.5, 0.6) is 0 Å². The molecule has 4 rings (SSSR count). The molecule has 2 aromatic rings. The third-order valence-corrected chi connectivity index (χ3v) is 6.02. The lowest BCUT2D eigenvalue weighted by Gasteiger charge is -2.27. The van der Waals surface area contributed by atoms with Crippen LogP contribution in [0.25, 0.3) is 5.70 Å². The summed E-state index contributed by atoms with van der Waals surface area (Å²) in [6.07, 6.45) is 1.71. The number of hydrazine groups is 1. The van der Waals surface area contributed by atoms with Crippen molar-refractivity contribution in [2.45, 2.75) is 33.6 Å². The minimum absolute atomic E-state index is 0.0341. The highest BCUT2D eigenvalue weighted by atomic mass is 15.4. The average Bonchev–Trinajstić information content (AvgIpc) is 3.31. The summed E-state index contributed by atoms with van der Waals surface area (Å²) < 4.78 is 0. The molecule has 6 nitrogen and oxygen atoms in total. The van der Waals surface area contributed by atoms with Gasteiger partial charge in [-0.3, -0.25) is 20.8 Å². The van der Waals surface area contributed by atoms with Gasteiger partial charge in [0.1, 0.15) is 5.84 Å². The van der Waals surface area contributed by atoms with Crippen molar-refractivity contribution in [1.82, 2.24) is 16.2 Å². The number of allylic oxidation sites excluding steroid dienone is 1. The molecule has 0 saturated heterocycles. The smallest absolute Gasteiger partial charge is 0.154 e. The summed E-state index contributed by atoms with van der Waals surface area (Å²) in [5.41, 5.74) is 13.7. The molecule has 2 aliphatic rings. The van der Waals surface area contributed by atoms with Gasteiger partial charge in [0, 0.05) is 46.6 Å². The number of nitrogens with zero attached hydrogens (tertiary/aromatic N) is 3. The van der Waals surface area contributed by atoms with Crippen LogP contribution in [0.15, 0.2) is 82.4 Å². The van der Waals surface area contributed by atoms with E-state index in [1.165, 1.54) is 5.56 Å². The van der Waals surface area contributed by atoms with E-state index in [1.807, 2.05) is 12.1 Å². The van der Waals surface area contributed by atoms with Crippen LogP contribution in [-0.2, 0) is 0 Å². The fourth-order valence-corrected chi connectivity index (χ4v) is 3.82. The Balaban J connectivity index is 1.25. The van der Waals surface area contributed by atoms with E-state index < -0.39 is 0 Å². The van der Waals surface area contributed by atoms with Crippen LogP contribution < -0.4 is 16.2 Å². The Bertz CT molecular complexity index is 1170. The van der Waals surface area contributed by atoms with Crippen molar-refractivity contribution < 1.29 is 0 Å². The van der Waals surface area contributed by atoms with E-state index >= 15 is 0 Å². The van der Waals surface area contributed by atoms with Gasteiger partial charge in [0.05, 0.1) is 12.2 Å². The molecule has 0 atom stereocenters. The lowest BCUT2D eigenvalue weighted by atomic mass is 9.93. The summed E-state index contributed by atoms with van der Waals surface area (Å²) in [6.45, 7) is 16.9. The summed E-state index contributed by atoms with van der Waals surface area (Å²) in [6, 6.07) is 16.5. The molecule has 2 aromatic carbocycles. The molecule has 0 unspecified atom stereocenters. The maximum absolute atomic E-state index is 4.86. The van der Waals surface area contributed by atoms with Crippen LogP contribution in [0, 0.1) is 12.3 Å². The van der Waals surface area contributed by atoms with Crippen molar-refractivity contribution in [2.75, 3.05) is 19.6 Å². The summed E-state index contributed by atoms with van der Waals surface area (Å²) in [4.78, 5) is 14.2. The van der Waals surface area contributed by atoms with Crippen molar-refractivity contribution in [3.8, 4) is 0 Å². The first-order chi connectivity index (χ1) is 16.3. The number of hydrogen-bond donors (Lipinski definition) is 3. The van der Waals surface area contributed by atoms with E-state index in [9.17, 15) is 0 Å². The molecule has 2 heterocycles. The van der Waals surface area contributed by atoms with Gasteiger partial charge in [-0.25, -0.2) is 4.99 Å². The zero-order chi connectivity index (χ0) is 24.1. The van der Waals surface area contributed by atoms with Crippen molar-refractivity contribution in [3.63, 3.8) is 0 Å². The van der Waals surface area contributed by atoms with Gasteiger partial charge in [0.15, 0.2) is 5.84 Å². The van der Waals surface area contributed by atoms with E-state index in [1.54, 1.807) is 0 Å². The Labute approximate surface area is 202 Å². The largest absolute Gasteiger partial charge is 0.388 e. The fraction of sp³-hybridized carbons (Fsp3) is 0.321. The second-order valence-electron chi connectivity index (χ2n) is 9.74. The summed E-state index contributed by atoms with van der Waals surface area (Å²) in [7, 11) is 0. The van der Waals surface area contributed by atoms with Gasteiger partial charge in [-0.1, -0.05) is 81.1 Å². The molecule has 0 amide bonds. The molecule has 34 heavy (non-hydrogen) atoms. The summed E-state index contributed by atoms with van der Waals surface area (Å²) in [5.74, 6) is 1.68. The van der Waals surface area contributed by atoms with Crippen LogP contribution in [0.2, 0.25) is 0 Å². The second-order valence-corrected chi connectivity index (χ2v) is 9.74. The Kier molecular flexibility index (Phi) is 6.96. The van der Waals surface area contributed by atoms with Gasteiger partial charge in [-0.15, -0.1) is 0 Å². The highest BCUT2D eigenvalue weighted by molar-refractivity contribution is 6.11. The van der Waals surface area contributed by atoms with Gasteiger partial charge >= 0.3 is 0 Å². The first-order valence-corrected chi connectivity index (χ1v) is 11.8. The van der Waals surface area contributed by atoms with Gasteiger partial charge in [0.25, 0.3) is 0 Å². The molecule has 0 spiro atoms. The topological polar surface area (TPSA) is 73.2 Å². The summed E-state index contributed by atoms with van der Waals surface area (Å²) in [5, 5.41) is 3.50. The lowest BCUT2D eigenvalue weighted by molar-refractivity contribution is 0.365. The number of aryl methyl sites for hydroxylation is 1. The molecule has 2 aliphatic heterocycles. The van der Waals surface area contributed by atoms with Gasteiger partial charge in [-0.2, -0.15) is 0 Å². The van der Waals surface area contributed by atoms with E-state index in [2.05, 4.69) is 91.5 Å². The zero-order valence-electron chi connectivity index (χ0n) is 20.4. The molecule has 0 fully saturated rings. The van der Waals surface area contributed by atoms with Crippen molar-refractivity contribution in [2.24, 2.45) is 20.4 Å². The highest BCUT2D eigenvalue weighted by Gasteiger charge is 2.21. The standard InChI is InChI=1S/C28H34N6/c1-19-10-13-22(14-11-19)26-29-16-23(32-26)15-12-20(2)30-17-28(4,5)18-31-27-25-9-7-6-8-24(25)21(3)33-34-27/h6-11,13-14,30,33H,2-3,12,15-18H2,1,4-5H3,(H,31,34). The Morgan fingerprint density at radius 1 is 1.09 bits per heavy atom. The van der Waals surface area contributed by atoms with Gasteiger partial charge in [-0.05, 0) is 19.8 Å². The Morgan fingerprint density at radius 3 is 2.59 bits per heavy atom. The molecular formula is C28H34N6. The van der Waals surface area contributed by atoms with E-state index in [4.69, 9.17) is 9.98 Å². The molecular weight excluding hydrogens is 420 g/mol. The van der Waals surface area contributed by atoms with Crippen molar-refractivity contribution in [1.29, 1.82) is 0 Å². The third-order valence-electron chi connectivity index (χ3n) is 6.02. The average molecular weight is 455 g/mol. The summed E-state index contributed by atoms with van der Waals surface area (Å²) >= 11 is 0. The molecule has 0 aromatic heterocycles. The fourth-order valence-electron chi connectivity index (χ4n) is 3.82. The molecule has 6 heteroatoms. The van der Waals surface area contributed by atoms with Crippen LogP contribution in [-0.4, -0.2) is 37.0 Å². The first-order valence-electron chi connectivity index (χ1n) is 11.8.